The minimum absolute atomic E-state index is 0.0110. The third-order valence-corrected chi connectivity index (χ3v) is 3.27. The number of rotatable bonds is 3. The van der Waals surface area contributed by atoms with Crippen LogP contribution < -0.4 is 11.1 Å². The predicted octanol–water partition coefficient (Wildman–Crippen LogP) is 0.0189. The summed E-state index contributed by atoms with van der Waals surface area (Å²) >= 11 is 0. The normalized spacial score (nSPS) is 31.1. The molecular formula is C10H18N2O2. The zero-order valence-corrected chi connectivity index (χ0v) is 8.58. The SMILES string of the molecule is CC(NC(=O)C1(N)CC1)C1CCOC1. The molecule has 1 aliphatic carbocycles. The van der Waals surface area contributed by atoms with Gasteiger partial charge in [-0.2, -0.15) is 0 Å². The standard InChI is InChI=1S/C10H18N2O2/c1-7(8-2-5-14-6-8)12-9(13)10(11)3-4-10/h7-8H,2-6,11H2,1H3,(H,12,13). The fraction of sp³-hybridized carbons (Fsp3) is 0.900. The molecule has 2 aliphatic rings. The van der Waals surface area contributed by atoms with E-state index in [9.17, 15) is 4.79 Å². The largest absolute Gasteiger partial charge is 0.381 e. The third kappa shape index (κ3) is 1.91. The molecule has 4 heteroatoms. The Hall–Kier alpha value is -0.610. The van der Waals surface area contributed by atoms with E-state index in [1.54, 1.807) is 0 Å². The van der Waals surface area contributed by atoms with Crippen molar-refractivity contribution < 1.29 is 9.53 Å². The van der Waals surface area contributed by atoms with E-state index in [1.807, 2.05) is 6.92 Å². The minimum atomic E-state index is -0.548. The molecule has 1 saturated carbocycles. The Balaban J connectivity index is 1.81. The summed E-state index contributed by atoms with van der Waals surface area (Å²) in [6.07, 6.45) is 2.69. The first kappa shape index (κ1) is 9.93. The lowest BCUT2D eigenvalue weighted by atomic mass is 10.0. The number of nitrogens with two attached hydrogens (primary N) is 1. The highest BCUT2D eigenvalue weighted by molar-refractivity contribution is 5.89. The van der Waals surface area contributed by atoms with Gasteiger partial charge in [-0.05, 0) is 26.2 Å². The second-order valence-electron chi connectivity index (χ2n) is 4.54. The first-order valence-electron chi connectivity index (χ1n) is 5.29. The van der Waals surface area contributed by atoms with E-state index in [4.69, 9.17) is 10.5 Å². The van der Waals surface area contributed by atoms with E-state index in [-0.39, 0.29) is 11.9 Å². The highest BCUT2D eigenvalue weighted by Gasteiger charge is 2.46. The smallest absolute Gasteiger partial charge is 0.240 e. The van der Waals surface area contributed by atoms with E-state index >= 15 is 0 Å². The third-order valence-electron chi connectivity index (χ3n) is 3.27. The molecule has 2 atom stereocenters. The number of hydrogen-bond donors (Lipinski definition) is 2. The number of amides is 1. The van der Waals surface area contributed by atoms with Crippen LogP contribution in [0.2, 0.25) is 0 Å². The molecule has 0 spiro atoms. The first-order chi connectivity index (χ1) is 6.62. The highest BCUT2D eigenvalue weighted by atomic mass is 16.5. The van der Waals surface area contributed by atoms with Crippen LogP contribution in [-0.2, 0) is 9.53 Å². The average molecular weight is 198 g/mol. The summed E-state index contributed by atoms with van der Waals surface area (Å²) in [5, 5.41) is 2.98. The molecule has 80 valence electrons. The molecule has 3 N–H and O–H groups in total. The van der Waals surface area contributed by atoms with Gasteiger partial charge in [0, 0.05) is 18.6 Å². The van der Waals surface area contributed by atoms with E-state index in [0.717, 1.165) is 32.5 Å². The highest BCUT2D eigenvalue weighted by Crippen LogP contribution is 2.32. The molecule has 1 heterocycles. The Bertz CT molecular complexity index is 232. The Morgan fingerprint density at radius 1 is 1.64 bits per heavy atom. The van der Waals surface area contributed by atoms with Gasteiger partial charge >= 0.3 is 0 Å². The molecule has 2 fully saturated rings. The fourth-order valence-electron chi connectivity index (χ4n) is 1.78. The van der Waals surface area contributed by atoms with Crippen molar-refractivity contribution in [3.05, 3.63) is 0 Å². The van der Waals surface area contributed by atoms with Crippen LogP contribution >= 0.6 is 0 Å². The van der Waals surface area contributed by atoms with Gasteiger partial charge in [0.2, 0.25) is 5.91 Å². The number of nitrogens with one attached hydrogen (secondary N) is 1. The van der Waals surface area contributed by atoms with Gasteiger partial charge in [0.15, 0.2) is 0 Å². The Kier molecular flexibility index (Phi) is 2.49. The summed E-state index contributed by atoms with van der Waals surface area (Å²) in [7, 11) is 0. The quantitative estimate of drug-likeness (QED) is 0.672. The van der Waals surface area contributed by atoms with E-state index in [1.165, 1.54) is 0 Å². The monoisotopic (exact) mass is 198 g/mol. The molecule has 2 unspecified atom stereocenters. The molecule has 0 bridgehead atoms. The summed E-state index contributed by atoms with van der Waals surface area (Å²) in [6, 6.07) is 0.186. The Morgan fingerprint density at radius 3 is 2.86 bits per heavy atom. The Morgan fingerprint density at radius 2 is 2.36 bits per heavy atom. The van der Waals surface area contributed by atoms with Crippen LogP contribution in [0.5, 0.6) is 0 Å². The van der Waals surface area contributed by atoms with Crippen LogP contribution in [0.25, 0.3) is 0 Å². The van der Waals surface area contributed by atoms with Crippen LogP contribution in [0.1, 0.15) is 26.2 Å². The molecule has 14 heavy (non-hydrogen) atoms. The van der Waals surface area contributed by atoms with E-state index in [2.05, 4.69) is 5.32 Å². The van der Waals surface area contributed by atoms with Crippen molar-refractivity contribution in [1.82, 2.24) is 5.32 Å². The van der Waals surface area contributed by atoms with E-state index in [0.29, 0.717) is 5.92 Å². The molecule has 1 aliphatic heterocycles. The number of ether oxygens (including phenoxy) is 1. The maximum Gasteiger partial charge on any atom is 0.240 e. The maximum absolute atomic E-state index is 11.6. The second-order valence-corrected chi connectivity index (χ2v) is 4.54. The summed E-state index contributed by atoms with van der Waals surface area (Å²) in [4.78, 5) is 11.6. The maximum atomic E-state index is 11.6. The lowest BCUT2D eigenvalue weighted by Gasteiger charge is -2.21. The minimum Gasteiger partial charge on any atom is -0.381 e. The van der Waals surface area contributed by atoms with Crippen molar-refractivity contribution in [2.24, 2.45) is 11.7 Å². The summed E-state index contributed by atoms with van der Waals surface area (Å²) < 4.78 is 5.28. The lowest BCUT2D eigenvalue weighted by molar-refractivity contribution is -0.124. The molecule has 2 rings (SSSR count). The van der Waals surface area contributed by atoms with Gasteiger partial charge in [0.05, 0.1) is 12.1 Å². The molecule has 1 amide bonds. The van der Waals surface area contributed by atoms with Gasteiger partial charge in [-0.3, -0.25) is 4.79 Å². The van der Waals surface area contributed by atoms with Crippen LogP contribution in [0, 0.1) is 5.92 Å². The molecule has 0 aromatic heterocycles. The Labute approximate surface area is 84.2 Å². The number of carbonyl (C=O) groups is 1. The second kappa shape index (κ2) is 3.51. The summed E-state index contributed by atoms with van der Waals surface area (Å²) in [5.41, 5.74) is 5.25. The average Bonchev–Trinajstić information content (AvgIpc) is 2.71. The number of hydrogen-bond acceptors (Lipinski definition) is 3. The molecular weight excluding hydrogens is 180 g/mol. The van der Waals surface area contributed by atoms with Crippen molar-refractivity contribution in [2.75, 3.05) is 13.2 Å². The van der Waals surface area contributed by atoms with Gasteiger partial charge in [0.1, 0.15) is 0 Å². The van der Waals surface area contributed by atoms with Gasteiger partial charge in [0.25, 0.3) is 0 Å². The van der Waals surface area contributed by atoms with Crippen molar-refractivity contribution in [3.63, 3.8) is 0 Å². The molecule has 4 nitrogen and oxygen atoms in total. The van der Waals surface area contributed by atoms with Crippen molar-refractivity contribution >= 4 is 5.91 Å². The van der Waals surface area contributed by atoms with Crippen molar-refractivity contribution in [1.29, 1.82) is 0 Å². The zero-order chi connectivity index (χ0) is 10.2. The first-order valence-corrected chi connectivity index (χ1v) is 5.29. The van der Waals surface area contributed by atoms with Gasteiger partial charge in [-0.1, -0.05) is 0 Å². The summed E-state index contributed by atoms with van der Waals surface area (Å²) in [5.74, 6) is 0.471. The van der Waals surface area contributed by atoms with Crippen LogP contribution in [0.4, 0.5) is 0 Å². The molecule has 1 saturated heterocycles. The van der Waals surface area contributed by atoms with Gasteiger partial charge in [-0.15, -0.1) is 0 Å². The fourth-order valence-corrected chi connectivity index (χ4v) is 1.78. The van der Waals surface area contributed by atoms with Crippen molar-refractivity contribution in [2.45, 2.75) is 37.8 Å². The van der Waals surface area contributed by atoms with Crippen molar-refractivity contribution in [3.8, 4) is 0 Å². The predicted molar refractivity (Wildman–Crippen MR) is 52.7 cm³/mol. The molecule has 0 radical (unpaired) electrons. The van der Waals surface area contributed by atoms with Gasteiger partial charge < -0.3 is 15.8 Å². The van der Waals surface area contributed by atoms with Crippen LogP contribution in [-0.4, -0.2) is 30.7 Å². The molecule has 0 aromatic rings. The lowest BCUT2D eigenvalue weighted by Crippen LogP contribution is -2.48. The molecule has 0 aromatic carbocycles. The van der Waals surface area contributed by atoms with Gasteiger partial charge in [-0.25, -0.2) is 0 Å². The van der Waals surface area contributed by atoms with Crippen LogP contribution in [0.15, 0.2) is 0 Å². The zero-order valence-electron chi connectivity index (χ0n) is 8.58. The van der Waals surface area contributed by atoms with E-state index < -0.39 is 5.54 Å². The summed E-state index contributed by atoms with van der Waals surface area (Å²) in [6.45, 7) is 3.61. The topological polar surface area (TPSA) is 64.4 Å². The number of carbonyl (C=O) groups excluding carboxylic acids is 1. The van der Waals surface area contributed by atoms with Crippen LogP contribution in [0.3, 0.4) is 0 Å².